The van der Waals surface area contributed by atoms with Crippen molar-refractivity contribution in [1.29, 1.82) is 0 Å². The summed E-state index contributed by atoms with van der Waals surface area (Å²) in [5.41, 5.74) is 4.90. The zero-order valence-corrected chi connectivity index (χ0v) is 10.8. The number of benzene rings is 2. The van der Waals surface area contributed by atoms with Crippen molar-refractivity contribution in [3.8, 4) is 11.1 Å². The van der Waals surface area contributed by atoms with Crippen LogP contribution in [0, 0.1) is 20.8 Å². The molecular formula is C16H16F2. The highest BCUT2D eigenvalue weighted by Gasteiger charge is 2.13. The molecule has 94 valence electrons. The normalized spacial score (nSPS) is 11.0. The van der Waals surface area contributed by atoms with Crippen molar-refractivity contribution in [1.82, 2.24) is 0 Å². The molecule has 2 rings (SSSR count). The van der Waals surface area contributed by atoms with Gasteiger partial charge >= 0.3 is 0 Å². The molecule has 2 heteroatoms. The van der Waals surface area contributed by atoms with Crippen molar-refractivity contribution in [2.24, 2.45) is 0 Å². The largest absolute Gasteiger partial charge is 0.264 e. The molecule has 0 atom stereocenters. The third-order valence-corrected chi connectivity index (χ3v) is 3.28. The van der Waals surface area contributed by atoms with Gasteiger partial charge in [-0.1, -0.05) is 30.3 Å². The van der Waals surface area contributed by atoms with E-state index in [-0.39, 0.29) is 5.56 Å². The Bertz CT molecular complexity index is 551. The molecule has 0 heterocycles. The minimum atomic E-state index is -2.42. The summed E-state index contributed by atoms with van der Waals surface area (Å²) in [7, 11) is 0. The minimum Gasteiger partial charge on any atom is -0.205 e. The predicted molar refractivity (Wildman–Crippen MR) is 71.0 cm³/mol. The third kappa shape index (κ3) is 2.28. The van der Waals surface area contributed by atoms with Gasteiger partial charge in [0.15, 0.2) is 0 Å². The van der Waals surface area contributed by atoms with E-state index in [0.29, 0.717) is 5.56 Å². The van der Waals surface area contributed by atoms with Gasteiger partial charge in [0.05, 0.1) is 0 Å². The fraction of sp³-hybridized carbons (Fsp3) is 0.250. The molecule has 0 aliphatic carbocycles. The molecule has 0 saturated carbocycles. The van der Waals surface area contributed by atoms with Gasteiger partial charge in [-0.05, 0) is 54.7 Å². The van der Waals surface area contributed by atoms with Crippen LogP contribution in [0.15, 0.2) is 36.4 Å². The number of aryl methyl sites for hydroxylation is 3. The summed E-state index contributed by atoms with van der Waals surface area (Å²) < 4.78 is 25.8. The maximum atomic E-state index is 12.9. The van der Waals surface area contributed by atoms with E-state index in [0.717, 1.165) is 22.3 Å². The highest BCUT2D eigenvalue weighted by molar-refractivity contribution is 5.71. The van der Waals surface area contributed by atoms with Crippen LogP contribution in [-0.2, 0) is 0 Å². The monoisotopic (exact) mass is 246 g/mol. The molecule has 0 amide bonds. The Morgan fingerprint density at radius 2 is 1.44 bits per heavy atom. The van der Waals surface area contributed by atoms with Crippen molar-refractivity contribution >= 4 is 0 Å². The molecule has 0 spiro atoms. The van der Waals surface area contributed by atoms with Gasteiger partial charge in [0.1, 0.15) is 0 Å². The maximum absolute atomic E-state index is 12.9. The van der Waals surface area contributed by atoms with Crippen LogP contribution < -0.4 is 0 Å². The zero-order valence-electron chi connectivity index (χ0n) is 10.8. The molecule has 0 saturated heterocycles. The standard InChI is InChI=1S/C16H16F2/c1-10-7-8-13(9-14(10)16(17)18)15-11(2)5-4-6-12(15)3/h4-9,16H,1-3H3. The van der Waals surface area contributed by atoms with E-state index in [1.807, 2.05) is 38.1 Å². The van der Waals surface area contributed by atoms with E-state index < -0.39 is 6.43 Å². The summed E-state index contributed by atoms with van der Waals surface area (Å²) in [5, 5.41) is 0. The molecule has 0 aliphatic heterocycles. The van der Waals surface area contributed by atoms with Crippen molar-refractivity contribution in [2.75, 3.05) is 0 Å². The summed E-state index contributed by atoms with van der Waals surface area (Å²) in [5.74, 6) is 0. The summed E-state index contributed by atoms with van der Waals surface area (Å²) in [6.45, 7) is 5.73. The molecule has 0 aromatic heterocycles. The fourth-order valence-corrected chi connectivity index (χ4v) is 2.30. The van der Waals surface area contributed by atoms with Crippen LogP contribution in [0.25, 0.3) is 11.1 Å². The van der Waals surface area contributed by atoms with Gasteiger partial charge in [-0.2, -0.15) is 0 Å². The molecule has 0 unspecified atom stereocenters. The van der Waals surface area contributed by atoms with Gasteiger partial charge in [-0.25, -0.2) is 8.78 Å². The molecule has 0 fully saturated rings. The smallest absolute Gasteiger partial charge is 0.205 e. The lowest BCUT2D eigenvalue weighted by molar-refractivity contribution is 0.150. The zero-order chi connectivity index (χ0) is 13.3. The summed E-state index contributed by atoms with van der Waals surface area (Å²) in [6, 6.07) is 11.3. The van der Waals surface area contributed by atoms with Crippen LogP contribution in [0.4, 0.5) is 8.78 Å². The highest BCUT2D eigenvalue weighted by Crippen LogP contribution is 2.31. The second-order valence-corrected chi connectivity index (χ2v) is 4.64. The van der Waals surface area contributed by atoms with Crippen molar-refractivity contribution in [2.45, 2.75) is 27.2 Å². The summed E-state index contributed by atoms with van der Waals surface area (Å²) >= 11 is 0. The molecule has 0 bridgehead atoms. The minimum absolute atomic E-state index is 0.121. The Hall–Kier alpha value is -1.70. The van der Waals surface area contributed by atoms with Gasteiger partial charge in [0.2, 0.25) is 0 Å². The Morgan fingerprint density at radius 1 is 0.833 bits per heavy atom. The average Bonchev–Trinajstić information content (AvgIpc) is 2.30. The van der Waals surface area contributed by atoms with E-state index in [1.54, 1.807) is 19.1 Å². The number of alkyl halides is 2. The number of hydrogen-bond acceptors (Lipinski definition) is 0. The van der Waals surface area contributed by atoms with E-state index in [1.165, 1.54) is 0 Å². The third-order valence-electron chi connectivity index (χ3n) is 3.28. The average molecular weight is 246 g/mol. The highest BCUT2D eigenvalue weighted by atomic mass is 19.3. The Morgan fingerprint density at radius 3 is 2.00 bits per heavy atom. The Kier molecular flexibility index (Phi) is 3.46. The van der Waals surface area contributed by atoms with Crippen molar-refractivity contribution < 1.29 is 8.78 Å². The second kappa shape index (κ2) is 4.89. The van der Waals surface area contributed by atoms with Gasteiger partial charge in [0, 0.05) is 5.56 Å². The van der Waals surface area contributed by atoms with Crippen molar-refractivity contribution in [3.63, 3.8) is 0 Å². The van der Waals surface area contributed by atoms with Crippen molar-refractivity contribution in [3.05, 3.63) is 58.7 Å². The lowest BCUT2D eigenvalue weighted by Crippen LogP contribution is -1.93. The lowest BCUT2D eigenvalue weighted by Gasteiger charge is -2.13. The van der Waals surface area contributed by atoms with Gasteiger partial charge in [0.25, 0.3) is 6.43 Å². The van der Waals surface area contributed by atoms with Crippen LogP contribution in [0.5, 0.6) is 0 Å². The van der Waals surface area contributed by atoms with Crippen LogP contribution in [-0.4, -0.2) is 0 Å². The van der Waals surface area contributed by atoms with Gasteiger partial charge in [-0.15, -0.1) is 0 Å². The topological polar surface area (TPSA) is 0 Å². The number of halogens is 2. The maximum Gasteiger partial charge on any atom is 0.264 e. The first kappa shape index (κ1) is 12.7. The molecule has 0 radical (unpaired) electrons. The Balaban J connectivity index is 2.62. The number of hydrogen-bond donors (Lipinski definition) is 0. The molecule has 2 aromatic carbocycles. The summed E-state index contributed by atoms with van der Waals surface area (Å²) in [6.07, 6.45) is -2.42. The van der Waals surface area contributed by atoms with Crippen LogP contribution >= 0.6 is 0 Å². The number of rotatable bonds is 2. The molecule has 2 aromatic rings. The first-order chi connectivity index (χ1) is 8.50. The van der Waals surface area contributed by atoms with Crippen LogP contribution in [0.1, 0.15) is 28.7 Å². The van der Waals surface area contributed by atoms with Crippen LogP contribution in [0.3, 0.4) is 0 Å². The van der Waals surface area contributed by atoms with Crippen LogP contribution in [0.2, 0.25) is 0 Å². The molecular weight excluding hydrogens is 230 g/mol. The van der Waals surface area contributed by atoms with E-state index >= 15 is 0 Å². The quantitative estimate of drug-likeness (QED) is 0.681. The molecule has 18 heavy (non-hydrogen) atoms. The SMILES string of the molecule is Cc1ccc(-c2c(C)cccc2C)cc1C(F)F. The van der Waals surface area contributed by atoms with E-state index in [9.17, 15) is 8.78 Å². The first-order valence-corrected chi connectivity index (χ1v) is 5.96. The van der Waals surface area contributed by atoms with E-state index in [2.05, 4.69) is 0 Å². The van der Waals surface area contributed by atoms with E-state index in [4.69, 9.17) is 0 Å². The first-order valence-electron chi connectivity index (χ1n) is 5.96. The second-order valence-electron chi connectivity index (χ2n) is 4.64. The van der Waals surface area contributed by atoms with Gasteiger partial charge in [-0.3, -0.25) is 0 Å². The Labute approximate surface area is 106 Å². The molecule has 0 nitrogen and oxygen atoms in total. The predicted octanol–water partition coefficient (Wildman–Crippen LogP) is 5.22. The molecule has 0 aliphatic rings. The summed E-state index contributed by atoms with van der Waals surface area (Å²) in [4.78, 5) is 0. The lowest BCUT2D eigenvalue weighted by atomic mass is 9.93. The fourth-order valence-electron chi connectivity index (χ4n) is 2.30. The van der Waals surface area contributed by atoms with Gasteiger partial charge < -0.3 is 0 Å². The molecule has 0 N–H and O–H groups in total.